The molecule has 31 heavy (non-hydrogen) atoms. The number of pyridine rings is 1. The van der Waals surface area contributed by atoms with Gasteiger partial charge < -0.3 is 19.7 Å². The fraction of sp³-hybridized carbons (Fsp3) is 0.348. The highest BCUT2D eigenvalue weighted by Gasteiger charge is 2.51. The Hall–Kier alpha value is -3.13. The summed E-state index contributed by atoms with van der Waals surface area (Å²) in [6.07, 6.45) is 4.53. The number of amides is 2. The molecule has 7 nitrogen and oxygen atoms in total. The molecule has 0 aliphatic carbocycles. The highest BCUT2D eigenvalue weighted by Crippen LogP contribution is 2.47. The van der Waals surface area contributed by atoms with Crippen molar-refractivity contribution < 1.29 is 9.59 Å². The molecule has 0 radical (unpaired) electrons. The first-order valence-electron chi connectivity index (χ1n) is 10.5. The van der Waals surface area contributed by atoms with Crippen LogP contribution in [0.15, 0.2) is 54.2 Å². The van der Waals surface area contributed by atoms with Gasteiger partial charge in [0.05, 0.1) is 22.8 Å². The van der Waals surface area contributed by atoms with Crippen LogP contribution in [0.2, 0.25) is 0 Å². The Morgan fingerprint density at radius 1 is 1.23 bits per heavy atom. The van der Waals surface area contributed by atoms with Crippen LogP contribution in [0, 0.1) is 0 Å². The molecule has 3 aromatic rings. The van der Waals surface area contributed by atoms with Crippen molar-refractivity contribution in [3.05, 3.63) is 64.7 Å². The van der Waals surface area contributed by atoms with Crippen molar-refractivity contribution in [1.29, 1.82) is 0 Å². The normalized spacial score (nSPS) is 19.6. The van der Waals surface area contributed by atoms with Crippen molar-refractivity contribution >= 4 is 28.8 Å². The largest absolute Gasteiger partial charge is 0.352 e. The molecule has 2 aliphatic rings. The zero-order valence-electron chi connectivity index (χ0n) is 17.6. The first-order valence-corrected chi connectivity index (χ1v) is 11.4. The van der Waals surface area contributed by atoms with Crippen LogP contribution < -0.4 is 10.2 Å². The van der Waals surface area contributed by atoms with Crippen molar-refractivity contribution in [1.82, 2.24) is 19.8 Å². The van der Waals surface area contributed by atoms with Gasteiger partial charge in [-0.3, -0.25) is 9.59 Å². The lowest BCUT2D eigenvalue weighted by Crippen LogP contribution is -2.56. The molecule has 5 rings (SSSR count). The van der Waals surface area contributed by atoms with Crippen LogP contribution in [-0.2, 0) is 10.3 Å². The minimum Gasteiger partial charge on any atom is -0.352 e. The molecule has 0 saturated carbocycles. The molecule has 2 aliphatic heterocycles. The topological polar surface area (TPSA) is 70.5 Å². The molecule has 3 aromatic heterocycles. The molecule has 1 atom stereocenters. The Labute approximate surface area is 185 Å². The summed E-state index contributed by atoms with van der Waals surface area (Å²) in [5.41, 5.74) is 1.49. The third kappa shape index (κ3) is 3.22. The van der Waals surface area contributed by atoms with E-state index in [-0.39, 0.29) is 24.4 Å². The average molecular weight is 436 g/mol. The van der Waals surface area contributed by atoms with Crippen molar-refractivity contribution in [2.45, 2.75) is 31.8 Å². The van der Waals surface area contributed by atoms with E-state index in [0.717, 1.165) is 28.5 Å². The van der Waals surface area contributed by atoms with Gasteiger partial charge in [-0.2, -0.15) is 0 Å². The van der Waals surface area contributed by atoms with E-state index in [1.54, 1.807) is 6.20 Å². The second-order valence-electron chi connectivity index (χ2n) is 8.40. The molecule has 1 N–H and O–H groups in total. The predicted molar refractivity (Wildman–Crippen MR) is 121 cm³/mol. The number of anilines is 1. The molecule has 5 heterocycles. The Balaban J connectivity index is 1.57. The fourth-order valence-corrected chi connectivity index (χ4v) is 5.49. The molecule has 1 spiro atoms. The highest BCUT2D eigenvalue weighted by atomic mass is 32.1. The molecule has 1 saturated heterocycles. The van der Waals surface area contributed by atoms with Gasteiger partial charge in [0, 0.05) is 31.5 Å². The minimum atomic E-state index is -0.485. The molecule has 0 unspecified atom stereocenters. The Morgan fingerprint density at radius 2 is 2.10 bits per heavy atom. The Morgan fingerprint density at radius 3 is 2.87 bits per heavy atom. The van der Waals surface area contributed by atoms with Gasteiger partial charge in [-0.25, -0.2) is 4.98 Å². The van der Waals surface area contributed by atoms with Gasteiger partial charge in [0.1, 0.15) is 5.54 Å². The lowest BCUT2D eigenvalue weighted by Gasteiger charge is -2.46. The zero-order valence-corrected chi connectivity index (χ0v) is 18.4. The summed E-state index contributed by atoms with van der Waals surface area (Å²) >= 11 is 1.46. The van der Waals surface area contributed by atoms with E-state index in [1.807, 2.05) is 60.7 Å². The number of nitrogens with one attached hydrogen (secondary N) is 1. The number of thiophene rings is 1. The van der Waals surface area contributed by atoms with E-state index in [2.05, 4.69) is 25.8 Å². The van der Waals surface area contributed by atoms with Gasteiger partial charge in [0.15, 0.2) is 5.82 Å². The van der Waals surface area contributed by atoms with E-state index in [4.69, 9.17) is 0 Å². The number of aromatic nitrogens is 2. The van der Waals surface area contributed by atoms with Crippen LogP contribution in [-0.4, -0.2) is 51.9 Å². The van der Waals surface area contributed by atoms with E-state index in [1.165, 1.54) is 11.3 Å². The summed E-state index contributed by atoms with van der Waals surface area (Å²) in [5, 5.41) is 4.94. The van der Waals surface area contributed by atoms with Gasteiger partial charge in [-0.15, -0.1) is 11.3 Å². The van der Waals surface area contributed by atoms with Crippen molar-refractivity contribution in [2.24, 2.45) is 0 Å². The smallest absolute Gasteiger partial charge is 0.264 e. The van der Waals surface area contributed by atoms with Gasteiger partial charge >= 0.3 is 0 Å². The standard InChI is InChI=1S/C23H25N5O2S/c1-16(2)25-20(29)14-28-17-6-3-10-24-21(17)27-11-4-8-19(27)23(28)9-12-26(15-23)22(30)18-7-5-13-31-18/h3-8,10-11,13,16H,9,12,14-15H2,1-2H3,(H,25,29)/t23-/m1/s1. The van der Waals surface area contributed by atoms with Crippen LogP contribution in [0.1, 0.15) is 35.6 Å². The lowest BCUT2D eigenvalue weighted by molar-refractivity contribution is -0.120. The molecule has 1 fully saturated rings. The Bertz CT molecular complexity index is 1120. The molecular weight excluding hydrogens is 410 g/mol. The predicted octanol–water partition coefficient (Wildman–Crippen LogP) is 3.02. The van der Waals surface area contributed by atoms with Crippen LogP contribution in [0.25, 0.3) is 5.82 Å². The SMILES string of the molecule is CC(C)NC(=O)CN1c2cccnc2-n2cccc2[C@]12CCN(C(=O)c1cccs1)C2. The number of hydrogen-bond donors (Lipinski definition) is 1. The maximum atomic E-state index is 13.1. The maximum absolute atomic E-state index is 13.1. The molecular formula is C23H25N5O2S. The number of fused-ring (bicyclic) bond motifs is 4. The molecule has 160 valence electrons. The minimum absolute atomic E-state index is 0.0350. The third-order valence-corrected chi connectivity index (χ3v) is 6.90. The van der Waals surface area contributed by atoms with Gasteiger partial charge in [-0.1, -0.05) is 6.07 Å². The van der Waals surface area contributed by atoms with Gasteiger partial charge in [0.2, 0.25) is 5.91 Å². The summed E-state index contributed by atoms with van der Waals surface area (Å²) < 4.78 is 2.10. The summed E-state index contributed by atoms with van der Waals surface area (Å²) in [6, 6.07) is 11.8. The van der Waals surface area contributed by atoms with Crippen molar-refractivity contribution in [3.63, 3.8) is 0 Å². The van der Waals surface area contributed by atoms with E-state index >= 15 is 0 Å². The third-order valence-electron chi connectivity index (χ3n) is 6.05. The number of carbonyl (C=O) groups excluding carboxylic acids is 2. The number of hydrogen-bond acceptors (Lipinski definition) is 5. The van der Waals surface area contributed by atoms with Crippen LogP contribution >= 0.6 is 11.3 Å². The van der Waals surface area contributed by atoms with E-state index < -0.39 is 5.54 Å². The summed E-state index contributed by atoms with van der Waals surface area (Å²) in [7, 11) is 0. The molecule has 2 amide bonds. The van der Waals surface area contributed by atoms with Crippen LogP contribution in [0.3, 0.4) is 0 Å². The number of carbonyl (C=O) groups is 2. The maximum Gasteiger partial charge on any atom is 0.264 e. The second-order valence-corrected chi connectivity index (χ2v) is 9.35. The summed E-state index contributed by atoms with van der Waals surface area (Å²) in [4.78, 5) is 35.4. The van der Waals surface area contributed by atoms with Crippen molar-refractivity contribution in [3.8, 4) is 5.82 Å². The lowest BCUT2D eigenvalue weighted by atomic mass is 9.88. The number of rotatable bonds is 4. The number of nitrogens with zero attached hydrogens (tertiary/aromatic N) is 4. The van der Waals surface area contributed by atoms with E-state index in [0.29, 0.717) is 13.1 Å². The first-order chi connectivity index (χ1) is 15.0. The summed E-state index contributed by atoms with van der Waals surface area (Å²) in [5.74, 6) is 0.828. The van der Waals surface area contributed by atoms with Crippen molar-refractivity contribution in [2.75, 3.05) is 24.5 Å². The Kier molecular flexibility index (Phi) is 4.81. The van der Waals surface area contributed by atoms with Gasteiger partial charge in [0.25, 0.3) is 5.91 Å². The fourth-order valence-electron chi connectivity index (χ4n) is 4.80. The number of likely N-dealkylation sites (tertiary alicyclic amines) is 1. The average Bonchev–Trinajstić information content (AvgIpc) is 3.51. The van der Waals surface area contributed by atoms with E-state index in [9.17, 15) is 9.59 Å². The quantitative estimate of drug-likeness (QED) is 0.684. The van der Waals surface area contributed by atoms with Crippen LogP contribution in [0.5, 0.6) is 0 Å². The van der Waals surface area contributed by atoms with Gasteiger partial charge in [-0.05, 0) is 56.0 Å². The second kappa shape index (κ2) is 7.53. The highest BCUT2D eigenvalue weighted by molar-refractivity contribution is 7.12. The first kappa shape index (κ1) is 19.8. The zero-order chi connectivity index (χ0) is 21.6. The monoisotopic (exact) mass is 435 g/mol. The summed E-state index contributed by atoms with van der Waals surface area (Å²) in [6.45, 7) is 5.29. The van der Waals surface area contributed by atoms with Crippen LogP contribution in [0.4, 0.5) is 5.69 Å². The molecule has 8 heteroatoms. The molecule has 0 aromatic carbocycles. The molecule has 0 bridgehead atoms.